The van der Waals surface area contributed by atoms with Crippen molar-refractivity contribution in [1.29, 1.82) is 0 Å². The highest BCUT2D eigenvalue weighted by atomic mass is 32.2. The van der Waals surface area contributed by atoms with Crippen LogP contribution in [0.2, 0.25) is 0 Å². The van der Waals surface area contributed by atoms with Crippen LogP contribution < -0.4 is 10.6 Å². The highest BCUT2D eigenvalue weighted by Gasteiger charge is 2.34. The second kappa shape index (κ2) is 7.43. The van der Waals surface area contributed by atoms with Gasteiger partial charge in [-0.15, -0.1) is 0 Å². The quantitative estimate of drug-likeness (QED) is 0.842. The lowest BCUT2D eigenvalue weighted by Gasteiger charge is -2.32. The number of urea groups is 1. The summed E-state index contributed by atoms with van der Waals surface area (Å²) in [7, 11) is -3.05. The normalized spacial score (nSPS) is 23.2. The van der Waals surface area contributed by atoms with Gasteiger partial charge in [-0.1, -0.05) is 18.2 Å². The minimum absolute atomic E-state index is 0.00317. The molecule has 2 N–H and O–H groups in total. The molecule has 0 unspecified atom stereocenters. The lowest BCUT2D eigenvalue weighted by Crippen LogP contribution is -2.49. The van der Waals surface area contributed by atoms with E-state index in [2.05, 4.69) is 10.6 Å². The summed E-state index contributed by atoms with van der Waals surface area (Å²) in [4.78, 5) is 26.2. The molecule has 1 aromatic carbocycles. The molecular weight excluding hydrogens is 342 g/mol. The van der Waals surface area contributed by atoms with Crippen molar-refractivity contribution in [3.63, 3.8) is 0 Å². The van der Waals surface area contributed by atoms with Gasteiger partial charge in [0.1, 0.15) is 0 Å². The van der Waals surface area contributed by atoms with Gasteiger partial charge in [-0.3, -0.25) is 4.79 Å². The predicted octanol–water partition coefficient (Wildman–Crippen LogP) is 1.23. The standard InChI is InChI=1S/C17H23N3O4S/c21-16(13-8-11-25(23,24)12-13)18-15-6-9-20(10-7-15)17(22)19-14-4-2-1-3-5-14/h1-5,13,15H,6-12H2,(H,18,21)(H,19,22)/t13-/m1/s1. The van der Waals surface area contributed by atoms with E-state index in [0.29, 0.717) is 32.4 Å². The third-order valence-electron chi connectivity index (χ3n) is 4.76. The van der Waals surface area contributed by atoms with Crippen molar-refractivity contribution in [3.8, 4) is 0 Å². The predicted molar refractivity (Wildman–Crippen MR) is 95.0 cm³/mol. The smallest absolute Gasteiger partial charge is 0.321 e. The number of amides is 3. The molecule has 2 aliphatic heterocycles. The summed E-state index contributed by atoms with van der Waals surface area (Å²) in [5, 5.41) is 5.80. The number of carbonyl (C=O) groups is 2. The molecule has 2 saturated heterocycles. The highest BCUT2D eigenvalue weighted by Crippen LogP contribution is 2.20. The summed E-state index contributed by atoms with van der Waals surface area (Å²) in [5.74, 6) is -0.543. The Balaban J connectivity index is 1.44. The van der Waals surface area contributed by atoms with Crippen LogP contribution in [0.3, 0.4) is 0 Å². The molecule has 0 spiro atoms. The van der Waals surface area contributed by atoms with E-state index in [9.17, 15) is 18.0 Å². The molecule has 3 amide bonds. The molecule has 8 heteroatoms. The zero-order valence-corrected chi connectivity index (χ0v) is 14.8. The average Bonchev–Trinajstić information content (AvgIpc) is 2.96. The Morgan fingerprint density at radius 3 is 2.32 bits per heavy atom. The van der Waals surface area contributed by atoms with E-state index in [1.54, 1.807) is 4.90 Å². The van der Waals surface area contributed by atoms with E-state index in [0.717, 1.165) is 5.69 Å². The number of anilines is 1. The molecule has 0 aliphatic carbocycles. The van der Waals surface area contributed by atoms with Crippen molar-refractivity contribution in [2.24, 2.45) is 5.92 Å². The minimum atomic E-state index is -3.05. The first kappa shape index (κ1) is 17.7. The molecule has 2 aliphatic rings. The highest BCUT2D eigenvalue weighted by molar-refractivity contribution is 7.91. The van der Waals surface area contributed by atoms with Crippen molar-refractivity contribution in [1.82, 2.24) is 10.2 Å². The van der Waals surface area contributed by atoms with Gasteiger partial charge in [0.2, 0.25) is 5.91 Å². The van der Waals surface area contributed by atoms with E-state index in [4.69, 9.17) is 0 Å². The van der Waals surface area contributed by atoms with Crippen molar-refractivity contribution in [2.45, 2.75) is 25.3 Å². The van der Waals surface area contributed by atoms with Crippen molar-refractivity contribution < 1.29 is 18.0 Å². The van der Waals surface area contributed by atoms with E-state index in [1.807, 2.05) is 30.3 Å². The molecule has 3 rings (SSSR count). The van der Waals surface area contributed by atoms with Crippen LogP contribution in [0, 0.1) is 5.92 Å². The summed E-state index contributed by atoms with van der Waals surface area (Å²) in [5.41, 5.74) is 0.755. The van der Waals surface area contributed by atoms with Crippen LogP contribution >= 0.6 is 0 Å². The molecule has 0 saturated carbocycles. The van der Waals surface area contributed by atoms with Gasteiger partial charge in [-0.25, -0.2) is 13.2 Å². The van der Waals surface area contributed by atoms with E-state index in [-0.39, 0.29) is 29.5 Å². The number of para-hydroxylation sites is 1. The maximum Gasteiger partial charge on any atom is 0.321 e. The number of hydrogen-bond acceptors (Lipinski definition) is 4. The summed E-state index contributed by atoms with van der Waals surface area (Å²) in [6.07, 6.45) is 1.76. The number of nitrogens with one attached hydrogen (secondary N) is 2. The second-order valence-corrected chi connectivity index (χ2v) is 8.89. The Morgan fingerprint density at radius 2 is 1.72 bits per heavy atom. The molecular formula is C17H23N3O4S. The maximum atomic E-state index is 12.2. The molecule has 2 heterocycles. The molecule has 7 nitrogen and oxygen atoms in total. The number of piperidine rings is 1. The second-order valence-electron chi connectivity index (χ2n) is 6.67. The van der Waals surface area contributed by atoms with Gasteiger partial charge in [-0.05, 0) is 31.4 Å². The Bertz CT molecular complexity index is 728. The van der Waals surface area contributed by atoms with Crippen molar-refractivity contribution in [2.75, 3.05) is 29.9 Å². The fourth-order valence-electron chi connectivity index (χ4n) is 3.27. The van der Waals surface area contributed by atoms with Gasteiger partial charge in [0.25, 0.3) is 0 Å². The monoisotopic (exact) mass is 365 g/mol. The lowest BCUT2D eigenvalue weighted by atomic mass is 10.0. The number of likely N-dealkylation sites (tertiary alicyclic amines) is 1. The molecule has 0 aromatic heterocycles. The van der Waals surface area contributed by atoms with E-state index in [1.165, 1.54) is 0 Å². The van der Waals surface area contributed by atoms with E-state index < -0.39 is 15.8 Å². The van der Waals surface area contributed by atoms with Gasteiger partial charge in [0.15, 0.2) is 9.84 Å². The topological polar surface area (TPSA) is 95.6 Å². The Kier molecular flexibility index (Phi) is 5.27. The summed E-state index contributed by atoms with van der Waals surface area (Å²) < 4.78 is 22.9. The zero-order chi connectivity index (χ0) is 17.9. The van der Waals surface area contributed by atoms with Crippen LogP contribution in [0.25, 0.3) is 0 Å². The number of nitrogens with zero attached hydrogens (tertiary/aromatic N) is 1. The average molecular weight is 365 g/mol. The van der Waals surface area contributed by atoms with Gasteiger partial charge < -0.3 is 15.5 Å². The van der Waals surface area contributed by atoms with Crippen LogP contribution in [-0.4, -0.2) is 55.9 Å². The van der Waals surface area contributed by atoms with Crippen LogP contribution in [0.5, 0.6) is 0 Å². The summed E-state index contributed by atoms with van der Waals surface area (Å²) in [6.45, 7) is 1.12. The first-order valence-electron chi connectivity index (χ1n) is 8.55. The third-order valence-corrected chi connectivity index (χ3v) is 6.52. The van der Waals surface area contributed by atoms with Crippen molar-refractivity contribution >= 4 is 27.5 Å². The van der Waals surface area contributed by atoms with Gasteiger partial charge in [-0.2, -0.15) is 0 Å². The number of hydrogen-bond donors (Lipinski definition) is 2. The molecule has 0 radical (unpaired) electrons. The Morgan fingerprint density at radius 1 is 1.04 bits per heavy atom. The largest absolute Gasteiger partial charge is 0.353 e. The maximum absolute atomic E-state index is 12.2. The first-order chi connectivity index (χ1) is 11.9. The first-order valence-corrected chi connectivity index (χ1v) is 10.4. The summed E-state index contributed by atoms with van der Waals surface area (Å²) >= 11 is 0. The van der Waals surface area contributed by atoms with Gasteiger partial charge in [0, 0.05) is 24.8 Å². The van der Waals surface area contributed by atoms with E-state index >= 15 is 0 Å². The molecule has 1 aromatic rings. The summed E-state index contributed by atoms with van der Waals surface area (Å²) in [6, 6.07) is 9.14. The van der Waals surface area contributed by atoms with Crippen LogP contribution in [-0.2, 0) is 14.6 Å². The molecule has 2 fully saturated rings. The third kappa shape index (κ3) is 4.72. The van der Waals surface area contributed by atoms with Gasteiger partial charge in [0.05, 0.1) is 17.4 Å². The number of benzene rings is 1. The SMILES string of the molecule is O=C(NC1CCN(C(=O)Nc2ccccc2)CC1)[C@@H]1CCS(=O)(=O)C1. The molecule has 136 valence electrons. The molecule has 1 atom stereocenters. The Labute approximate surface area is 147 Å². The van der Waals surface area contributed by atoms with Crippen molar-refractivity contribution in [3.05, 3.63) is 30.3 Å². The number of rotatable bonds is 3. The van der Waals surface area contributed by atoms with Gasteiger partial charge >= 0.3 is 6.03 Å². The molecule has 0 bridgehead atoms. The molecule has 25 heavy (non-hydrogen) atoms. The van der Waals surface area contributed by atoms with Crippen LogP contribution in [0.1, 0.15) is 19.3 Å². The van der Waals surface area contributed by atoms with Crippen LogP contribution in [0.15, 0.2) is 30.3 Å². The fourth-order valence-corrected chi connectivity index (χ4v) is 5.01. The number of sulfone groups is 1. The Hall–Kier alpha value is -2.09. The zero-order valence-electron chi connectivity index (χ0n) is 14.0. The minimum Gasteiger partial charge on any atom is -0.353 e. The number of carbonyl (C=O) groups excluding carboxylic acids is 2. The van der Waals surface area contributed by atoms with Crippen LogP contribution in [0.4, 0.5) is 10.5 Å². The fraction of sp³-hybridized carbons (Fsp3) is 0.529. The lowest BCUT2D eigenvalue weighted by molar-refractivity contribution is -0.125.